The van der Waals surface area contributed by atoms with Gasteiger partial charge in [-0.15, -0.1) is 0 Å². The van der Waals surface area contributed by atoms with Crippen molar-refractivity contribution >= 4 is 17.5 Å². The third-order valence-corrected chi connectivity index (χ3v) is 4.33. The van der Waals surface area contributed by atoms with Crippen LogP contribution in [0.4, 0.5) is 11.6 Å². The maximum absolute atomic E-state index is 12.4. The molecule has 3 aromatic rings. The molecule has 1 amide bonds. The van der Waals surface area contributed by atoms with Gasteiger partial charge in [0, 0.05) is 11.3 Å². The number of H-pyrrole nitrogens is 1. The molecule has 0 saturated heterocycles. The van der Waals surface area contributed by atoms with Crippen LogP contribution in [0.2, 0.25) is 0 Å². The predicted molar refractivity (Wildman–Crippen MR) is 106 cm³/mol. The summed E-state index contributed by atoms with van der Waals surface area (Å²) in [5.74, 6) is 0.277. The van der Waals surface area contributed by atoms with Gasteiger partial charge in [-0.2, -0.15) is 0 Å². The number of unbranched alkanes of at least 4 members (excludes halogenated alkanes) is 2. The van der Waals surface area contributed by atoms with Crippen LogP contribution < -0.4 is 11.1 Å². The van der Waals surface area contributed by atoms with Gasteiger partial charge in [-0.25, -0.2) is 4.98 Å². The molecule has 0 atom stereocenters. The summed E-state index contributed by atoms with van der Waals surface area (Å²) in [7, 11) is 0. The van der Waals surface area contributed by atoms with E-state index in [9.17, 15) is 4.79 Å². The number of amides is 1. The molecule has 0 aliphatic heterocycles. The molecular weight excluding hydrogens is 324 g/mol. The fraction of sp³-hybridized carbons (Fsp3) is 0.238. The molecule has 5 nitrogen and oxygen atoms in total. The first-order valence-electron chi connectivity index (χ1n) is 8.97. The monoisotopic (exact) mass is 348 g/mol. The SMILES string of the molecule is CCCCCc1ccc(C(=O)Nc2ccc(-c3cnc(N)[nH]3)cc2)cc1. The van der Waals surface area contributed by atoms with Crippen LogP contribution in [-0.4, -0.2) is 15.9 Å². The van der Waals surface area contributed by atoms with Crippen LogP contribution in [0.5, 0.6) is 0 Å². The van der Waals surface area contributed by atoms with Crippen LogP contribution in [-0.2, 0) is 6.42 Å². The molecule has 1 aromatic heterocycles. The Kier molecular flexibility index (Phi) is 5.69. The van der Waals surface area contributed by atoms with Crippen LogP contribution in [0.1, 0.15) is 42.1 Å². The molecular formula is C21H24N4O. The van der Waals surface area contributed by atoms with Crippen molar-refractivity contribution in [3.05, 3.63) is 65.9 Å². The summed E-state index contributed by atoms with van der Waals surface area (Å²) in [6.07, 6.45) is 6.40. The van der Waals surface area contributed by atoms with E-state index >= 15 is 0 Å². The van der Waals surface area contributed by atoms with Crippen molar-refractivity contribution in [1.82, 2.24) is 9.97 Å². The lowest BCUT2D eigenvalue weighted by Crippen LogP contribution is -2.11. The zero-order valence-corrected chi connectivity index (χ0v) is 15.0. The van der Waals surface area contributed by atoms with Crippen molar-refractivity contribution in [2.24, 2.45) is 0 Å². The summed E-state index contributed by atoms with van der Waals surface area (Å²) < 4.78 is 0. The highest BCUT2D eigenvalue weighted by atomic mass is 16.1. The van der Waals surface area contributed by atoms with Gasteiger partial charge < -0.3 is 16.0 Å². The maximum atomic E-state index is 12.4. The van der Waals surface area contributed by atoms with E-state index in [1.165, 1.54) is 24.8 Å². The van der Waals surface area contributed by atoms with Gasteiger partial charge in [-0.05, 0) is 48.2 Å². The van der Waals surface area contributed by atoms with Crippen LogP contribution in [0.3, 0.4) is 0 Å². The van der Waals surface area contributed by atoms with Crippen molar-refractivity contribution in [1.29, 1.82) is 0 Å². The van der Waals surface area contributed by atoms with E-state index in [1.807, 2.05) is 48.5 Å². The average molecular weight is 348 g/mol. The van der Waals surface area contributed by atoms with E-state index in [0.29, 0.717) is 11.5 Å². The fourth-order valence-corrected chi connectivity index (χ4v) is 2.82. The molecule has 26 heavy (non-hydrogen) atoms. The Morgan fingerprint density at radius 1 is 1.08 bits per heavy atom. The topological polar surface area (TPSA) is 83.8 Å². The summed E-state index contributed by atoms with van der Waals surface area (Å²) in [6, 6.07) is 15.4. The van der Waals surface area contributed by atoms with Gasteiger partial charge in [-0.3, -0.25) is 4.79 Å². The fourth-order valence-electron chi connectivity index (χ4n) is 2.82. The molecule has 0 bridgehead atoms. The number of nitrogens with zero attached hydrogens (tertiary/aromatic N) is 1. The molecule has 3 rings (SSSR count). The molecule has 2 aromatic carbocycles. The Labute approximate surface area is 153 Å². The van der Waals surface area contributed by atoms with Gasteiger partial charge >= 0.3 is 0 Å². The van der Waals surface area contributed by atoms with E-state index in [-0.39, 0.29) is 5.91 Å². The molecule has 4 N–H and O–H groups in total. The number of hydrogen-bond acceptors (Lipinski definition) is 3. The quantitative estimate of drug-likeness (QED) is 0.544. The summed E-state index contributed by atoms with van der Waals surface area (Å²) in [5.41, 5.74) is 10.1. The minimum Gasteiger partial charge on any atom is -0.369 e. The first-order valence-corrected chi connectivity index (χ1v) is 8.97. The standard InChI is InChI=1S/C21H24N4O/c1-2-3-4-5-15-6-8-17(9-7-15)20(26)24-18-12-10-16(11-13-18)19-14-23-21(22)25-19/h6-14H,2-5H2,1H3,(H,24,26)(H3,22,23,25). The van der Waals surface area contributed by atoms with Gasteiger partial charge in [-0.1, -0.05) is 44.0 Å². The van der Waals surface area contributed by atoms with Crippen LogP contribution in [0, 0.1) is 0 Å². The Hall–Kier alpha value is -3.08. The summed E-state index contributed by atoms with van der Waals surface area (Å²) in [4.78, 5) is 19.4. The number of hydrogen-bond donors (Lipinski definition) is 3. The first kappa shape index (κ1) is 17.7. The van der Waals surface area contributed by atoms with E-state index < -0.39 is 0 Å². The molecule has 5 heteroatoms. The Bertz CT molecular complexity index is 850. The summed E-state index contributed by atoms with van der Waals surface area (Å²) in [5, 5.41) is 2.92. The second kappa shape index (κ2) is 8.34. The smallest absolute Gasteiger partial charge is 0.255 e. The number of benzene rings is 2. The van der Waals surface area contributed by atoms with E-state index in [1.54, 1.807) is 6.20 Å². The van der Waals surface area contributed by atoms with E-state index in [0.717, 1.165) is 23.4 Å². The average Bonchev–Trinajstić information content (AvgIpc) is 3.09. The van der Waals surface area contributed by atoms with E-state index in [4.69, 9.17) is 5.73 Å². The van der Waals surface area contributed by atoms with Crippen molar-refractivity contribution in [3.8, 4) is 11.3 Å². The largest absolute Gasteiger partial charge is 0.369 e. The number of nitrogen functional groups attached to an aromatic ring is 1. The molecule has 0 spiro atoms. The Morgan fingerprint density at radius 3 is 2.42 bits per heavy atom. The van der Waals surface area contributed by atoms with Crippen LogP contribution >= 0.6 is 0 Å². The highest BCUT2D eigenvalue weighted by Gasteiger charge is 2.07. The summed E-state index contributed by atoms with van der Waals surface area (Å²) >= 11 is 0. The highest BCUT2D eigenvalue weighted by Crippen LogP contribution is 2.20. The predicted octanol–water partition coefficient (Wildman–Crippen LogP) is 4.64. The van der Waals surface area contributed by atoms with Gasteiger partial charge in [0.1, 0.15) is 0 Å². The molecule has 0 saturated carbocycles. The number of aromatic amines is 1. The van der Waals surface area contributed by atoms with E-state index in [2.05, 4.69) is 22.2 Å². The van der Waals surface area contributed by atoms with Gasteiger partial charge in [0.15, 0.2) is 5.95 Å². The number of imidazole rings is 1. The number of aryl methyl sites for hydroxylation is 1. The maximum Gasteiger partial charge on any atom is 0.255 e. The van der Waals surface area contributed by atoms with Gasteiger partial charge in [0.2, 0.25) is 0 Å². The number of nitrogens with two attached hydrogens (primary N) is 1. The number of carbonyl (C=O) groups excluding carboxylic acids is 1. The Balaban J connectivity index is 1.60. The second-order valence-corrected chi connectivity index (χ2v) is 6.37. The molecule has 0 unspecified atom stereocenters. The zero-order valence-electron chi connectivity index (χ0n) is 15.0. The molecule has 0 aliphatic carbocycles. The highest BCUT2D eigenvalue weighted by molar-refractivity contribution is 6.04. The van der Waals surface area contributed by atoms with Gasteiger partial charge in [0.25, 0.3) is 5.91 Å². The zero-order chi connectivity index (χ0) is 18.4. The lowest BCUT2D eigenvalue weighted by atomic mass is 10.0. The number of rotatable bonds is 7. The number of aromatic nitrogens is 2. The van der Waals surface area contributed by atoms with Crippen molar-refractivity contribution in [2.75, 3.05) is 11.1 Å². The third-order valence-electron chi connectivity index (χ3n) is 4.33. The molecule has 0 radical (unpaired) electrons. The minimum atomic E-state index is -0.108. The molecule has 134 valence electrons. The van der Waals surface area contributed by atoms with Crippen LogP contribution in [0.25, 0.3) is 11.3 Å². The Morgan fingerprint density at radius 2 is 1.81 bits per heavy atom. The number of nitrogens with one attached hydrogen (secondary N) is 2. The third kappa shape index (κ3) is 4.51. The lowest BCUT2D eigenvalue weighted by Gasteiger charge is -2.07. The molecule has 1 heterocycles. The number of carbonyl (C=O) groups is 1. The minimum absolute atomic E-state index is 0.108. The normalized spacial score (nSPS) is 10.7. The van der Waals surface area contributed by atoms with Crippen LogP contribution in [0.15, 0.2) is 54.7 Å². The van der Waals surface area contributed by atoms with Crippen molar-refractivity contribution in [2.45, 2.75) is 32.6 Å². The molecule has 0 fully saturated rings. The molecule has 0 aliphatic rings. The first-order chi connectivity index (χ1) is 12.7. The second-order valence-electron chi connectivity index (χ2n) is 6.37. The van der Waals surface area contributed by atoms with Crippen molar-refractivity contribution < 1.29 is 4.79 Å². The van der Waals surface area contributed by atoms with Gasteiger partial charge in [0.05, 0.1) is 11.9 Å². The van der Waals surface area contributed by atoms with Crippen molar-refractivity contribution in [3.63, 3.8) is 0 Å². The summed E-state index contributed by atoms with van der Waals surface area (Å²) in [6.45, 7) is 2.20. The lowest BCUT2D eigenvalue weighted by molar-refractivity contribution is 0.102. The number of anilines is 2.